The van der Waals surface area contributed by atoms with E-state index in [2.05, 4.69) is 5.32 Å². The number of hydrogen-bond acceptors (Lipinski definition) is 6. The number of nitro benzene ring substituents is 1. The summed E-state index contributed by atoms with van der Waals surface area (Å²) in [6, 6.07) is 11.9. The van der Waals surface area contributed by atoms with E-state index < -0.39 is 11.0 Å². The number of likely N-dealkylation sites (N-methyl/N-ethyl adjacent to an activating group) is 1. The number of nitrogens with one attached hydrogen (secondary N) is 1. The molecule has 8 nitrogen and oxygen atoms in total. The van der Waals surface area contributed by atoms with Crippen LogP contribution in [0.5, 0.6) is 11.5 Å². The van der Waals surface area contributed by atoms with Crippen LogP contribution in [-0.4, -0.2) is 35.6 Å². The monoisotopic (exact) mass is 425 g/mol. The fraction of sp³-hybridized carbons (Fsp3) is 0.435. The van der Waals surface area contributed by atoms with Crippen molar-refractivity contribution < 1.29 is 19.2 Å². The Labute approximate surface area is 181 Å². The lowest BCUT2D eigenvalue weighted by molar-refractivity contribution is -0.385. The van der Waals surface area contributed by atoms with E-state index in [1.165, 1.54) is 12.5 Å². The third-order valence-electron chi connectivity index (χ3n) is 5.93. The van der Waals surface area contributed by atoms with Gasteiger partial charge < -0.3 is 14.8 Å². The van der Waals surface area contributed by atoms with E-state index in [1.54, 1.807) is 6.07 Å². The Hall–Kier alpha value is -3.13. The molecule has 1 atom stereocenters. The molecule has 1 aliphatic heterocycles. The third-order valence-corrected chi connectivity index (χ3v) is 5.93. The molecule has 1 saturated carbocycles. The molecule has 4 rings (SSSR count). The van der Waals surface area contributed by atoms with Gasteiger partial charge >= 0.3 is 0 Å². The van der Waals surface area contributed by atoms with Crippen molar-refractivity contribution in [2.45, 2.75) is 50.7 Å². The van der Waals surface area contributed by atoms with Crippen LogP contribution in [0.25, 0.3) is 0 Å². The van der Waals surface area contributed by atoms with E-state index in [0.29, 0.717) is 23.6 Å². The lowest BCUT2D eigenvalue weighted by Gasteiger charge is -2.30. The second-order valence-electron chi connectivity index (χ2n) is 8.17. The van der Waals surface area contributed by atoms with Crippen molar-refractivity contribution >= 4 is 11.6 Å². The zero-order chi connectivity index (χ0) is 21.8. The SMILES string of the molecule is CN(Cc1ccccc1)C(C(=O)NC1CCCCC1)c1cc2c(cc1[N+](=O)[O-])OCO2. The Morgan fingerprint density at radius 3 is 2.52 bits per heavy atom. The Bertz CT molecular complexity index is 944. The molecule has 0 bridgehead atoms. The van der Waals surface area contributed by atoms with E-state index in [0.717, 1.165) is 31.2 Å². The van der Waals surface area contributed by atoms with Gasteiger partial charge in [0.25, 0.3) is 5.69 Å². The molecule has 1 heterocycles. The molecule has 2 aromatic carbocycles. The summed E-state index contributed by atoms with van der Waals surface area (Å²) in [6.45, 7) is 0.476. The summed E-state index contributed by atoms with van der Waals surface area (Å²) in [7, 11) is 1.81. The number of amides is 1. The van der Waals surface area contributed by atoms with E-state index in [1.807, 2.05) is 42.3 Å². The van der Waals surface area contributed by atoms with Gasteiger partial charge in [-0.1, -0.05) is 49.6 Å². The maximum absolute atomic E-state index is 13.5. The van der Waals surface area contributed by atoms with Gasteiger partial charge in [0.2, 0.25) is 12.7 Å². The molecule has 1 N–H and O–H groups in total. The highest BCUT2D eigenvalue weighted by molar-refractivity contribution is 5.85. The van der Waals surface area contributed by atoms with Crippen molar-refractivity contribution in [1.82, 2.24) is 10.2 Å². The predicted molar refractivity (Wildman–Crippen MR) is 115 cm³/mol. The summed E-state index contributed by atoms with van der Waals surface area (Å²) in [5.74, 6) is 0.518. The van der Waals surface area contributed by atoms with Crippen molar-refractivity contribution in [3.63, 3.8) is 0 Å². The molecule has 1 fully saturated rings. The van der Waals surface area contributed by atoms with Crippen molar-refractivity contribution in [1.29, 1.82) is 0 Å². The van der Waals surface area contributed by atoms with Gasteiger partial charge in [-0.2, -0.15) is 0 Å². The van der Waals surface area contributed by atoms with Crippen LogP contribution in [0.1, 0.15) is 49.3 Å². The average Bonchev–Trinajstić information content (AvgIpc) is 3.22. The van der Waals surface area contributed by atoms with Crippen molar-refractivity contribution in [2.24, 2.45) is 0 Å². The van der Waals surface area contributed by atoms with Crippen LogP contribution in [-0.2, 0) is 11.3 Å². The number of carbonyl (C=O) groups excluding carboxylic acids is 1. The molecule has 2 aliphatic rings. The summed E-state index contributed by atoms with van der Waals surface area (Å²) in [5, 5.41) is 15.0. The van der Waals surface area contributed by atoms with Crippen LogP contribution in [0, 0.1) is 10.1 Å². The van der Waals surface area contributed by atoms with Gasteiger partial charge in [0.05, 0.1) is 16.6 Å². The van der Waals surface area contributed by atoms with Gasteiger partial charge in [-0.15, -0.1) is 0 Å². The largest absolute Gasteiger partial charge is 0.454 e. The molecule has 1 amide bonds. The molecule has 31 heavy (non-hydrogen) atoms. The van der Waals surface area contributed by atoms with Crippen LogP contribution in [0.3, 0.4) is 0 Å². The number of carbonyl (C=O) groups is 1. The number of ether oxygens (including phenoxy) is 2. The Morgan fingerprint density at radius 2 is 1.84 bits per heavy atom. The lowest BCUT2D eigenvalue weighted by atomic mass is 9.94. The molecule has 0 aromatic heterocycles. The van der Waals surface area contributed by atoms with E-state index in [-0.39, 0.29) is 24.4 Å². The Morgan fingerprint density at radius 1 is 1.16 bits per heavy atom. The van der Waals surface area contributed by atoms with E-state index in [9.17, 15) is 14.9 Å². The molecular formula is C23H27N3O5. The maximum Gasteiger partial charge on any atom is 0.278 e. The molecule has 1 unspecified atom stereocenters. The molecule has 2 aromatic rings. The molecular weight excluding hydrogens is 398 g/mol. The molecule has 0 spiro atoms. The summed E-state index contributed by atoms with van der Waals surface area (Å²) >= 11 is 0. The molecule has 164 valence electrons. The number of nitro groups is 1. The van der Waals surface area contributed by atoms with Crippen LogP contribution in [0.2, 0.25) is 0 Å². The zero-order valence-electron chi connectivity index (χ0n) is 17.6. The number of nitrogens with zero attached hydrogens (tertiary/aromatic N) is 2. The minimum absolute atomic E-state index is 0.00866. The van der Waals surface area contributed by atoms with Gasteiger partial charge in [0, 0.05) is 12.6 Å². The van der Waals surface area contributed by atoms with Gasteiger partial charge in [-0.05, 0) is 31.5 Å². The first-order chi connectivity index (χ1) is 15.0. The topological polar surface area (TPSA) is 93.9 Å². The maximum atomic E-state index is 13.5. The minimum Gasteiger partial charge on any atom is -0.454 e. The molecule has 8 heteroatoms. The van der Waals surface area contributed by atoms with Crippen LogP contribution in [0.15, 0.2) is 42.5 Å². The molecule has 0 radical (unpaired) electrons. The van der Waals surface area contributed by atoms with Crippen molar-refractivity contribution in [3.8, 4) is 11.5 Å². The van der Waals surface area contributed by atoms with Gasteiger partial charge in [0.15, 0.2) is 11.5 Å². The highest BCUT2D eigenvalue weighted by atomic mass is 16.7. The van der Waals surface area contributed by atoms with Crippen LogP contribution in [0.4, 0.5) is 5.69 Å². The minimum atomic E-state index is -0.836. The Kier molecular flexibility index (Phi) is 6.36. The highest BCUT2D eigenvalue weighted by Gasteiger charge is 2.35. The van der Waals surface area contributed by atoms with Crippen molar-refractivity contribution in [2.75, 3.05) is 13.8 Å². The first-order valence-electron chi connectivity index (χ1n) is 10.7. The number of hydrogen-bond donors (Lipinski definition) is 1. The fourth-order valence-corrected chi connectivity index (χ4v) is 4.39. The average molecular weight is 425 g/mol. The highest BCUT2D eigenvalue weighted by Crippen LogP contribution is 2.41. The van der Waals surface area contributed by atoms with Gasteiger partial charge in [0.1, 0.15) is 6.04 Å². The zero-order valence-corrected chi connectivity index (χ0v) is 17.6. The standard InChI is InChI=1S/C23H27N3O5/c1-25(14-16-8-4-2-5-9-16)22(23(27)24-17-10-6-3-7-11-17)18-12-20-21(31-15-30-20)13-19(18)26(28)29/h2,4-5,8-9,12-13,17,22H,3,6-7,10-11,14-15H2,1H3,(H,24,27). The second-order valence-corrected chi connectivity index (χ2v) is 8.17. The quantitative estimate of drug-likeness (QED) is 0.533. The second kappa shape index (κ2) is 9.34. The van der Waals surface area contributed by atoms with E-state index in [4.69, 9.17) is 9.47 Å². The molecule has 1 aliphatic carbocycles. The fourth-order valence-electron chi connectivity index (χ4n) is 4.39. The lowest BCUT2D eigenvalue weighted by Crippen LogP contribution is -2.44. The number of benzene rings is 2. The predicted octanol–water partition coefficient (Wildman–Crippen LogP) is 3.95. The Balaban J connectivity index is 1.69. The number of rotatable bonds is 7. The normalized spacial score (nSPS) is 16.8. The third kappa shape index (κ3) is 4.80. The smallest absolute Gasteiger partial charge is 0.278 e. The van der Waals surface area contributed by atoms with Crippen LogP contribution < -0.4 is 14.8 Å². The summed E-state index contributed by atoms with van der Waals surface area (Å²) in [6.07, 6.45) is 5.21. The van der Waals surface area contributed by atoms with Gasteiger partial charge in [-0.3, -0.25) is 19.8 Å². The number of fused-ring (bicyclic) bond motifs is 1. The van der Waals surface area contributed by atoms with E-state index >= 15 is 0 Å². The van der Waals surface area contributed by atoms with Crippen molar-refractivity contribution in [3.05, 3.63) is 63.7 Å². The first-order valence-corrected chi connectivity index (χ1v) is 10.7. The van der Waals surface area contributed by atoms with Crippen LogP contribution >= 0.6 is 0 Å². The molecule has 0 saturated heterocycles. The summed E-state index contributed by atoms with van der Waals surface area (Å²) in [5.41, 5.74) is 1.18. The van der Waals surface area contributed by atoms with Gasteiger partial charge in [-0.25, -0.2) is 0 Å². The first kappa shape index (κ1) is 21.1. The summed E-state index contributed by atoms with van der Waals surface area (Å²) < 4.78 is 10.8. The summed E-state index contributed by atoms with van der Waals surface area (Å²) in [4.78, 5) is 26.7.